The summed E-state index contributed by atoms with van der Waals surface area (Å²) in [5, 5.41) is 0.897. The van der Waals surface area contributed by atoms with E-state index in [-0.39, 0.29) is 0 Å². The van der Waals surface area contributed by atoms with Crippen molar-refractivity contribution in [3.8, 4) is 5.75 Å². The van der Waals surface area contributed by atoms with Gasteiger partial charge in [-0.15, -0.1) is 0 Å². The van der Waals surface area contributed by atoms with Crippen molar-refractivity contribution >= 4 is 23.4 Å². The molecule has 3 rings (SSSR count). The fourth-order valence-electron chi connectivity index (χ4n) is 2.50. The van der Waals surface area contributed by atoms with Gasteiger partial charge >= 0.3 is 0 Å². The summed E-state index contributed by atoms with van der Waals surface area (Å²) in [7, 11) is 0. The third kappa shape index (κ3) is 2.51. The average Bonchev–Trinajstić information content (AvgIpc) is 2.89. The van der Waals surface area contributed by atoms with Crippen LogP contribution >= 0.6 is 0 Å². The standard InChI is InChI=1S/C18H17N3O/c1-12(19-3)16-13(2)21-18-17(16)15(9-10-20-18)22-11-14-7-5-4-6-8-14/h4-10H,1,3,11H2,2H3,(H,20,21). The zero-order chi connectivity index (χ0) is 15.5. The van der Waals surface area contributed by atoms with Crippen molar-refractivity contribution in [2.24, 2.45) is 4.99 Å². The minimum atomic E-state index is 0.498. The highest BCUT2D eigenvalue weighted by Gasteiger charge is 2.16. The number of aryl methyl sites for hydroxylation is 1. The van der Waals surface area contributed by atoms with Crippen LogP contribution in [0.2, 0.25) is 0 Å². The van der Waals surface area contributed by atoms with Crippen LogP contribution in [0.1, 0.15) is 16.8 Å². The second kappa shape index (κ2) is 5.85. The molecular weight excluding hydrogens is 274 g/mol. The molecule has 0 aliphatic rings. The first-order chi connectivity index (χ1) is 10.7. The number of nitrogens with one attached hydrogen (secondary N) is 1. The summed E-state index contributed by atoms with van der Waals surface area (Å²) in [6.07, 6.45) is 1.73. The Balaban J connectivity index is 2.02. The first kappa shape index (κ1) is 14.1. The Hall–Kier alpha value is -2.88. The van der Waals surface area contributed by atoms with Crippen LogP contribution in [-0.2, 0) is 6.61 Å². The molecule has 0 unspecified atom stereocenters. The van der Waals surface area contributed by atoms with E-state index in [9.17, 15) is 0 Å². The van der Waals surface area contributed by atoms with Gasteiger partial charge in [-0.2, -0.15) is 0 Å². The number of ether oxygens (including phenoxy) is 1. The van der Waals surface area contributed by atoms with E-state index in [1.54, 1.807) is 6.20 Å². The number of rotatable bonds is 5. The van der Waals surface area contributed by atoms with Crippen molar-refractivity contribution in [2.45, 2.75) is 13.5 Å². The number of pyridine rings is 1. The van der Waals surface area contributed by atoms with E-state index in [1.165, 1.54) is 0 Å². The molecule has 0 saturated carbocycles. The molecule has 0 atom stereocenters. The fourth-order valence-corrected chi connectivity index (χ4v) is 2.50. The Morgan fingerprint density at radius 1 is 1.27 bits per heavy atom. The molecule has 22 heavy (non-hydrogen) atoms. The van der Waals surface area contributed by atoms with Gasteiger partial charge in [-0.05, 0) is 25.3 Å². The molecule has 4 heteroatoms. The number of nitrogens with zero attached hydrogens (tertiary/aromatic N) is 2. The van der Waals surface area contributed by atoms with Crippen molar-refractivity contribution in [2.75, 3.05) is 0 Å². The van der Waals surface area contributed by atoms with E-state index in [0.29, 0.717) is 12.3 Å². The van der Waals surface area contributed by atoms with Gasteiger partial charge in [0, 0.05) is 17.5 Å². The monoisotopic (exact) mass is 291 g/mol. The molecule has 4 nitrogen and oxygen atoms in total. The van der Waals surface area contributed by atoms with Crippen LogP contribution in [0, 0.1) is 6.92 Å². The molecule has 0 amide bonds. The Bertz CT molecular complexity index is 834. The number of aromatic nitrogens is 2. The maximum atomic E-state index is 5.99. The highest BCUT2D eigenvalue weighted by atomic mass is 16.5. The second-order valence-electron chi connectivity index (χ2n) is 5.04. The van der Waals surface area contributed by atoms with Crippen LogP contribution in [0.4, 0.5) is 0 Å². The third-order valence-corrected chi connectivity index (χ3v) is 3.56. The molecule has 110 valence electrons. The van der Waals surface area contributed by atoms with E-state index in [0.717, 1.165) is 33.6 Å². The van der Waals surface area contributed by atoms with Crippen molar-refractivity contribution in [3.63, 3.8) is 0 Å². The van der Waals surface area contributed by atoms with Crippen LogP contribution in [0.3, 0.4) is 0 Å². The summed E-state index contributed by atoms with van der Waals surface area (Å²) in [6, 6.07) is 11.9. The molecule has 0 spiro atoms. The lowest BCUT2D eigenvalue weighted by Crippen LogP contribution is -1.96. The topological polar surface area (TPSA) is 50.3 Å². The lowest BCUT2D eigenvalue weighted by molar-refractivity contribution is 0.310. The van der Waals surface area contributed by atoms with Crippen LogP contribution < -0.4 is 4.74 Å². The van der Waals surface area contributed by atoms with Crippen LogP contribution in [0.15, 0.2) is 54.2 Å². The van der Waals surface area contributed by atoms with Gasteiger partial charge < -0.3 is 9.72 Å². The number of aliphatic imine (C=N–C) groups is 1. The van der Waals surface area contributed by atoms with Gasteiger partial charge in [-0.1, -0.05) is 36.9 Å². The quantitative estimate of drug-likeness (QED) is 0.719. The molecule has 2 heterocycles. The van der Waals surface area contributed by atoms with E-state index < -0.39 is 0 Å². The molecule has 0 saturated heterocycles. The maximum absolute atomic E-state index is 5.99. The number of hydrogen-bond acceptors (Lipinski definition) is 3. The molecule has 1 aromatic carbocycles. The second-order valence-corrected chi connectivity index (χ2v) is 5.04. The normalized spacial score (nSPS) is 10.6. The summed E-state index contributed by atoms with van der Waals surface area (Å²) in [4.78, 5) is 11.6. The highest BCUT2D eigenvalue weighted by Crippen LogP contribution is 2.34. The summed E-state index contributed by atoms with van der Waals surface area (Å²) in [6.45, 7) is 9.98. The number of H-pyrrole nitrogens is 1. The molecule has 0 aliphatic carbocycles. The average molecular weight is 291 g/mol. The molecule has 0 aliphatic heterocycles. The fraction of sp³-hybridized carbons (Fsp3) is 0.111. The summed E-state index contributed by atoms with van der Waals surface area (Å²) in [5.41, 5.74) is 4.35. The summed E-state index contributed by atoms with van der Waals surface area (Å²) >= 11 is 0. The van der Waals surface area contributed by atoms with Crippen molar-refractivity contribution in [3.05, 3.63) is 66.0 Å². The van der Waals surface area contributed by atoms with Crippen LogP contribution in [0.5, 0.6) is 5.75 Å². The molecule has 3 aromatic rings. The molecule has 2 aromatic heterocycles. The Kier molecular flexibility index (Phi) is 3.74. The first-order valence-electron chi connectivity index (χ1n) is 7.00. The minimum absolute atomic E-state index is 0.498. The van der Waals surface area contributed by atoms with Gasteiger partial charge in [0.15, 0.2) is 0 Å². The molecule has 1 N–H and O–H groups in total. The van der Waals surface area contributed by atoms with E-state index in [4.69, 9.17) is 4.74 Å². The largest absolute Gasteiger partial charge is 0.488 e. The molecule has 0 fully saturated rings. The Morgan fingerprint density at radius 3 is 2.77 bits per heavy atom. The molecule has 0 bridgehead atoms. The Labute approximate surface area is 129 Å². The molecule has 0 radical (unpaired) electrons. The van der Waals surface area contributed by atoms with Gasteiger partial charge in [0.1, 0.15) is 18.0 Å². The van der Waals surface area contributed by atoms with Gasteiger partial charge in [-0.3, -0.25) is 4.99 Å². The Morgan fingerprint density at radius 2 is 2.05 bits per heavy atom. The number of fused-ring (bicyclic) bond motifs is 1. The van der Waals surface area contributed by atoms with Crippen molar-refractivity contribution in [1.29, 1.82) is 0 Å². The smallest absolute Gasteiger partial charge is 0.141 e. The van der Waals surface area contributed by atoms with Gasteiger partial charge in [0.2, 0.25) is 0 Å². The number of aromatic amines is 1. The van der Waals surface area contributed by atoms with E-state index >= 15 is 0 Å². The summed E-state index contributed by atoms with van der Waals surface area (Å²) in [5.74, 6) is 0.762. The minimum Gasteiger partial charge on any atom is -0.488 e. The third-order valence-electron chi connectivity index (χ3n) is 3.56. The first-order valence-corrected chi connectivity index (χ1v) is 7.00. The molecular formula is C18H17N3O. The van der Waals surface area contributed by atoms with Gasteiger partial charge in [0.05, 0.1) is 11.1 Å². The van der Waals surface area contributed by atoms with Crippen LogP contribution in [-0.4, -0.2) is 16.7 Å². The lowest BCUT2D eigenvalue weighted by Gasteiger charge is -2.09. The summed E-state index contributed by atoms with van der Waals surface area (Å²) < 4.78 is 5.99. The SMILES string of the molecule is C=NC(=C)c1c(C)[nH]c2nccc(OCc3ccccc3)c12. The van der Waals surface area contributed by atoms with Crippen molar-refractivity contribution < 1.29 is 4.74 Å². The van der Waals surface area contributed by atoms with Gasteiger partial charge in [-0.25, -0.2) is 4.98 Å². The zero-order valence-corrected chi connectivity index (χ0v) is 12.5. The highest BCUT2D eigenvalue weighted by molar-refractivity contribution is 5.96. The van der Waals surface area contributed by atoms with Crippen molar-refractivity contribution in [1.82, 2.24) is 9.97 Å². The predicted molar refractivity (Wildman–Crippen MR) is 90.2 cm³/mol. The zero-order valence-electron chi connectivity index (χ0n) is 12.5. The predicted octanol–water partition coefficient (Wildman–Crippen LogP) is 4.12. The van der Waals surface area contributed by atoms with Crippen LogP contribution in [0.25, 0.3) is 16.7 Å². The maximum Gasteiger partial charge on any atom is 0.141 e. The number of hydrogen-bond donors (Lipinski definition) is 1. The van der Waals surface area contributed by atoms with E-state index in [2.05, 4.69) is 28.3 Å². The van der Waals surface area contributed by atoms with Gasteiger partial charge in [0.25, 0.3) is 0 Å². The number of benzene rings is 1. The lowest BCUT2D eigenvalue weighted by atomic mass is 10.1. The van der Waals surface area contributed by atoms with E-state index in [1.807, 2.05) is 43.3 Å².